The number of hydrogen-bond donors (Lipinski definition) is 1. The molecule has 0 saturated carbocycles. The lowest BCUT2D eigenvalue weighted by Gasteiger charge is -2.20. The van der Waals surface area contributed by atoms with Crippen LogP contribution >= 0.6 is 0 Å². The van der Waals surface area contributed by atoms with Crippen LogP contribution in [0.1, 0.15) is 30.5 Å². The molecular weight excluding hydrogens is 253 g/mol. The van der Waals surface area contributed by atoms with Crippen molar-refractivity contribution in [3.63, 3.8) is 0 Å². The monoisotopic (exact) mass is 273 g/mol. The highest BCUT2D eigenvalue weighted by Gasteiger charge is 2.12. The quantitative estimate of drug-likeness (QED) is 0.852. The summed E-state index contributed by atoms with van der Waals surface area (Å²) < 4.78 is 18.4. The Balaban J connectivity index is 2.24. The molecule has 0 amide bonds. The second-order valence-corrected chi connectivity index (χ2v) is 4.86. The van der Waals surface area contributed by atoms with E-state index in [2.05, 4.69) is 43.4 Å². The Morgan fingerprint density at radius 3 is 2.45 bits per heavy atom. The van der Waals surface area contributed by atoms with Crippen molar-refractivity contribution in [2.24, 2.45) is 0 Å². The number of nitrogens with one attached hydrogen (secondary N) is 1. The first-order valence-corrected chi connectivity index (χ1v) is 6.80. The molecule has 106 valence electrons. The Kier molecular flexibility index (Phi) is 4.61. The Bertz CT molecular complexity index is 566. The normalized spacial score (nSPS) is 12.0. The van der Waals surface area contributed by atoms with Crippen LogP contribution in [0.25, 0.3) is 0 Å². The van der Waals surface area contributed by atoms with Gasteiger partial charge in [0.2, 0.25) is 0 Å². The largest absolute Gasteiger partial charge is 0.494 e. The summed E-state index contributed by atoms with van der Waals surface area (Å²) in [4.78, 5) is 0. The van der Waals surface area contributed by atoms with Gasteiger partial charge in [0.25, 0.3) is 0 Å². The third kappa shape index (κ3) is 3.29. The fraction of sp³-hybridized carbons (Fsp3) is 0.294. The van der Waals surface area contributed by atoms with Gasteiger partial charge >= 0.3 is 0 Å². The first kappa shape index (κ1) is 14.4. The van der Waals surface area contributed by atoms with Crippen molar-refractivity contribution < 1.29 is 9.13 Å². The van der Waals surface area contributed by atoms with Crippen molar-refractivity contribution in [2.75, 3.05) is 12.4 Å². The molecule has 1 N–H and O–H groups in total. The highest BCUT2D eigenvalue weighted by atomic mass is 19.1. The van der Waals surface area contributed by atoms with Crippen LogP contribution in [0.5, 0.6) is 5.75 Å². The first-order chi connectivity index (χ1) is 9.63. The Hall–Kier alpha value is -2.03. The maximum Gasteiger partial charge on any atom is 0.144 e. The molecule has 0 heterocycles. The van der Waals surface area contributed by atoms with Gasteiger partial charge in [-0.1, -0.05) is 36.8 Å². The van der Waals surface area contributed by atoms with Gasteiger partial charge in [0, 0.05) is 6.07 Å². The van der Waals surface area contributed by atoms with Crippen molar-refractivity contribution in [1.82, 2.24) is 0 Å². The van der Waals surface area contributed by atoms with Gasteiger partial charge in [-0.05, 0) is 31.0 Å². The Labute approximate surface area is 119 Å². The highest BCUT2D eigenvalue weighted by molar-refractivity contribution is 5.57. The Morgan fingerprint density at radius 1 is 1.15 bits per heavy atom. The molecule has 1 atom stereocenters. The molecule has 2 nitrogen and oxygen atoms in total. The fourth-order valence-electron chi connectivity index (χ4n) is 2.19. The number of rotatable bonds is 5. The van der Waals surface area contributed by atoms with E-state index in [-0.39, 0.29) is 11.9 Å². The second kappa shape index (κ2) is 6.42. The van der Waals surface area contributed by atoms with E-state index in [1.807, 2.05) is 0 Å². The average Bonchev–Trinajstić information content (AvgIpc) is 2.47. The number of halogens is 1. The van der Waals surface area contributed by atoms with Crippen molar-refractivity contribution in [3.8, 4) is 5.75 Å². The van der Waals surface area contributed by atoms with Crippen LogP contribution in [0.3, 0.4) is 0 Å². The summed E-state index contributed by atoms with van der Waals surface area (Å²) in [5.74, 6) is 0.228. The summed E-state index contributed by atoms with van der Waals surface area (Å²) in [7, 11) is 1.55. The topological polar surface area (TPSA) is 21.3 Å². The summed E-state index contributed by atoms with van der Waals surface area (Å²) in [5, 5.41) is 3.42. The second-order valence-electron chi connectivity index (χ2n) is 4.86. The molecule has 0 bridgehead atoms. The molecule has 20 heavy (non-hydrogen) atoms. The summed E-state index contributed by atoms with van der Waals surface area (Å²) in [6.45, 7) is 4.19. The van der Waals surface area contributed by atoms with Crippen LogP contribution < -0.4 is 10.1 Å². The SMILES string of the molecule is CCC(Nc1ccc(F)cc1OC)c1ccc(C)cc1. The van der Waals surface area contributed by atoms with Gasteiger partial charge < -0.3 is 10.1 Å². The van der Waals surface area contributed by atoms with E-state index in [1.54, 1.807) is 13.2 Å². The maximum absolute atomic E-state index is 13.2. The molecule has 2 aromatic rings. The predicted molar refractivity (Wildman–Crippen MR) is 80.8 cm³/mol. The minimum atomic E-state index is -0.296. The molecule has 0 aliphatic rings. The summed E-state index contributed by atoms with van der Waals surface area (Å²) >= 11 is 0. The van der Waals surface area contributed by atoms with Gasteiger partial charge in [-0.15, -0.1) is 0 Å². The third-order valence-corrected chi connectivity index (χ3v) is 3.38. The van der Waals surface area contributed by atoms with Crippen molar-refractivity contribution in [1.29, 1.82) is 0 Å². The van der Waals surface area contributed by atoms with E-state index in [1.165, 1.54) is 23.3 Å². The highest BCUT2D eigenvalue weighted by Crippen LogP contribution is 2.30. The number of methoxy groups -OCH3 is 1. The molecule has 1 unspecified atom stereocenters. The van der Waals surface area contributed by atoms with Crippen molar-refractivity contribution >= 4 is 5.69 Å². The lowest BCUT2D eigenvalue weighted by Crippen LogP contribution is -2.10. The number of hydrogen-bond acceptors (Lipinski definition) is 2. The zero-order valence-electron chi connectivity index (χ0n) is 12.1. The average molecular weight is 273 g/mol. The molecule has 0 aromatic heterocycles. The molecule has 0 radical (unpaired) electrons. The molecule has 0 spiro atoms. The summed E-state index contributed by atoms with van der Waals surface area (Å²) in [5.41, 5.74) is 3.26. The van der Waals surface area contributed by atoms with Crippen molar-refractivity contribution in [3.05, 3.63) is 59.4 Å². The fourth-order valence-corrected chi connectivity index (χ4v) is 2.19. The van der Waals surface area contributed by atoms with Gasteiger partial charge in [-0.25, -0.2) is 4.39 Å². The van der Waals surface area contributed by atoms with Gasteiger partial charge in [-0.2, -0.15) is 0 Å². The number of aryl methyl sites for hydroxylation is 1. The molecule has 2 rings (SSSR count). The lowest BCUT2D eigenvalue weighted by molar-refractivity contribution is 0.412. The molecular formula is C17H20FNO. The third-order valence-electron chi connectivity index (χ3n) is 3.38. The van der Waals surface area contributed by atoms with Gasteiger partial charge in [-0.3, -0.25) is 0 Å². The number of benzene rings is 2. The number of anilines is 1. The van der Waals surface area contributed by atoms with E-state index in [0.29, 0.717) is 5.75 Å². The van der Waals surface area contributed by atoms with E-state index in [0.717, 1.165) is 12.1 Å². The minimum Gasteiger partial charge on any atom is -0.494 e. The van der Waals surface area contributed by atoms with Crippen LogP contribution in [-0.2, 0) is 0 Å². The van der Waals surface area contributed by atoms with E-state index in [4.69, 9.17) is 4.74 Å². The smallest absolute Gasteiger partial charge is 0.144 e. The lowest BCUT2D eigenvalue weighted by atomic mass is 10.0. The van der Waals surface area contributed by atoms with Crippen LogP contribution in [-0.4, -0.2) is 7.11 Å². The maximum atomic E-state index is 13.2. The van der Waals surface area contributed by atoms with Gasteiger partial charge in [0.15, 0.2) is 0 Å². The van der Waals surface area contributed by atoms with Gasteiger partial charge in [0.1, 0.15) is 11.6 Å². The summed E-state index contributed by atoms with van der Waals surface area (Å²) in [6.07, 6.45) is 0.934. The van der Waals surface area contributed by atoms with Gasteiger partial charge in [0.05, 0.1) is 18.8 Å². The first-order valence-electron chi connectivity index (χ1n) is 6.80. The van der Waals surface area contributed by atoms with E-state index in [9.17, 15) is 4.39 Å². The van der Waals surface area contributed by atoms with Crippen LogP contribution in [0.4, 0.5) is 10.1 Å². The minimum absolute atomic E-state index is 0.176. The zero-order valence-corrected chi connectivity index (χ0v) is 12.1. The molecule has 0 aliphatic heterocycles. The molecule has 3 heteroatoms. The summed E-state index contributed by atoms with van der Waals surface area (Å²) in [6, 6.07) is 13.2. The van der Waals surface area contributed by atoms with Crippen molar-refractivity contribution in [2.45, 2.75) is 26.3 Å². The molecule has 0 saturated heterocycles. The predicted octanol–water partition coefficient (Wildman–Crippen LogP) is 4.71. The van der Waals surface area contributed by atoms with Crippen LogP contribution in [0, 0.1) is 12.7 Å². The molecule has 0 aliphatic carbocycles. The molecule has 2 aromatic carbocycles. The number of ether oxygens (including phenoxy) is 1. The van der Waals surface area contributed by atoms with Crippen LogP contribution in [0.2, 0.25) is 0 Å². The standard InChI is InChI=1S/C17H20FNO/c1-4-15(13-7-5-12(2)6-8-13)19-16-10-9-14(18)11-17(16)20-3/h5-11,15,19H,4H2,1-3H3. The van der Waals surface area contributed by atoms with E-state index >= 15 is 0 Å². The molecule has 0 fully saturated rings. The van der Waals surface area contributed by atoms with Crippen LogP contribution in [0.15, 0.2) is 42.5 Å². The Morgan fingerprint density at radius 2 is 1.85 bits per heavy atom. The zero-order chi connectivity index (χ0) is 14.5. The van der Waals surface area contributed by atoms with E-state index < -0.39 is 0 Å².